The first-order chi connectivity index (χ1) is 14.3. The van der Waals surface area contributed by atoms with E-state index in [0.29, 0.717) is 6.04 Å². The molecule has 0 radical (unpaired) electrons. The molecule has 2 saturated heterocycles. The van der Waals surface area contributed by atoms with Crippen LogP contribution >= 0.6 is 0 Å². The zero-order valence-electron chi connectivity index (χ0n) is 17.3. The Labute approximate surface area is 172 Å². The van der Waals surface area contributed by atoms with E-state index in [2.05, 4.69) is 32.4 Å². The summed E-state index contributed by atoms with van der Waals surface area (Å²) in [5.74, 6) is 3.39. The van der Waals surface area contributed by atoms with Crippen molar-refractivity contribution in [3.05, 3.63) is 24.4 Å². The lowest BCUT2D eigenvalue weighted by molar-refractivity contribution is 0.0545. The van der Waals surface area contributed by atoms with E-state index in [4.69, 9.17) is 4.74 Å². The van der Waals surface area contributed by atoms with E-state index < -0.39 is 0 Å². The molecule has 1 N–H and O–H groups in total. The third-order valence-electron chi connectivity index (χ3n) is 6.93. The molecule has 156 valence electrons. The fourth-order valence-electron chi connectivity index (χ4n) is 5.39. The number of aryl methyl sites for hydroxylation is 1. The van der Waals surface area contributed by atoms with Crippen molar-refractivity contribution in [3.63, 3.8) is 0 Å². The third-order valence-corrected chi connectivity index (χ3v) is 6.93. The summed E-state index contributed by atoms with van der Waals surface area (Å²) in [5, 5.41) is 16.9. The Morgan fingerprint density at radius 2 is 1.83 bits per heavy atom. The van der Waals surface area contributed by atoms with Gasteiger partial charge in [-0.2, -0.15) is 5.10 Å². The topological polar surface area (TPSA) is 68.1 Å². The Balaban J connectivity index is 1.12. The van der Waals surface area contributed by atoms with Crippen molar-refractivity contribution in [1.82, 2.24) is 24.9 Å². The molecule has 2 aliphatic heterocycles. The maximum atomic E-state index is 5.51. The number of hydrogen-bond acceptors (Lipinski definition) is 6. The average molecular weight is 397 g/mol. The Morgan fingerprint density at radius 1 is 1.03 bits per heavy atom. The summed E-state index contributed by atoms with van der Waals surface area (Å²) in [7, 11) is 0. The molecule has 1 aliphatic carbocycles. The fraction of sp³-hybridized carbons (Fsp3) is 0.682. The number of nitrogens with zero attached hydrogens (tertiary/aromatic N) is 5. The monoisotopic (exact) mass is 396 g/mol. The Morgan fingerprint density at radius 3 is 2.48 bits per heavy atom. The molecule has 0 spiro atoms. The number of anilines is 1. The van der Waals surface area contributed by atoms with Crippen LogP contribution in [0, 0.1) is 17.8 Å². The highest BCUT2D eigenvalue weighted by Gasteiger charge is 2.41. The highest BCUT2D eigenvalue weighted by molar-refractivity contribution is 5.54. The van der Waals surface area contributed by atoms with Crippen molar-refractivity contribution in [1.29, 1.82) is 0 Å². The van der Waals surface area contributed by atoms with Gasteiger partial charge in [0, 0.05) is 51.6 Å². The molecule has 3 aliphatic rings. The molecule has 3 fully saturated rings. The molecule has 0 amide bonds. The van der Waals surface area contributed by atoms with Gasteiger partial charge in [-0.25, -0.2) is 0 Å². The van der Waals surface area contributed by atoms with Crippen LogP contribution in [-0.2, 0) is 11.3 Å². The summed E-state index contributed by atoms with van der Waals surface area (Å²) in [6.45, 7) is 8.67. The minimum atomic E-state index is 0.523. The van der Waals surface area contributed by atoms with Gasteiger partial charge in [-0.3, -0.25) is 4.68 Å². The van der Waals surface area contributed by atoms with Crippen molar-refractivity contribution in [2.75, 3.05) is 38.2 Å². The summed E-state index contributed by atoms with van der Waals surface area (Å²) in [6.07, 6.45) is 6.96. The lowest BCUT2D eigenvalue weighted by atomic mass is 10.00. The van der Waals surface area contributed by atoms with Gasteiger partial charge in [0.1, 0.15) is 17.2 Å². The van der Waals surface area contributed by atoms with Crippen molar-refractivity contribution < 1.29 is 4.74 Å². The molecular weight excluding hydrogens is 364 g/mol. The van der Waals surface area contributed by atoms with Gasteiger partial charge < -0.3 is 15.0 Å². The molecule has 2 aromatic rings. The Bertz CT molecular complexity index is 786. The number of rotatable bonds is 6. The predicted octanol–water partition coefficient (Wildman–Crippen LogP) is 2.91. The largest absolute Gasteiger partial charge is 0.381 e. The van der Waals surface area contributed by atoms with Crippen molar-refractivity contribution in [3.8, 4) is 11.4 Å². The summed E-state index contributed by atoms with van der Waals surface area (Å²) >= 11 is 0. The molecule has 0 aromatic carbocycles. The van der Waals surface area contributed by atoms with Crippen LogP contribution in [0.5, 0.6) is 0 Å². The highest BCUT2D eigenvalue weighted by atomic mass is 16.5. The fourth-order valence-corrected chi connectivity index (χ4v) is 5.39. The number of likely N-dealkylation sites (tertiary alicyclic amines) is 1. The second-order valence-corrected chi connectivity index (χ2v) is 8.97. The molecule has 29 heavy (non-hydrogen) atoms. The molecule has 5 rings (SSSR count). The van der Waals surface area contributed by atoms with Crippen LogP contribution in [0.25, 0.3) is 11.4 Å². The number of ether oxygens (including phenoxy) is 1. The van der Waals surface area contributed by atoms with Crippen molar-refractivity contribution in [2.45, 2.75) is 45.2 Å². The summed E-state index contributed by atoms with van der Waals surface area (Å²) < 4.78 is 7.41. The van der Waals surface area contributed by atoms with Crippen LogP contribution in [0.2, 0.25) is 0 Å². The second kappa shape index (κ2) is 8.40. The normalized spacial score (nSPS) is 28.0. The van der Waals surface area contributed by atoms with E-state index in [1.54, 1.807) is 0 Å². The number of hydrogen-bond donors (Lipinski definition) is 1. The molecule has 7 heteroatoms. The summed E-state index contributed by atoms with van der Waals surface area (Å²) in [4.78, 5) is 2.71. The molecule has 0 bridgehead atoms. The smallest absolute Gasteiger partial charge is 0.148 e. The van der Waals surface area contributed by atoms with Crippen LogP contribution in [-0.4, -0.2) is 63.8 Å². The molecular formula is C22H32N6O. The van der Waals surface area contributed by atoms with Gasteiger partial charge in [0.05, 0.1) is 0 Å². The second-order valence-electron chi connectivity index (χ2n) is 8.97. The molecule has 2 aromatic heterocycles. The van der Waals surface area contributed by atoms with E-state index in [1.807, 2.05) is 29.1 Å². The predicted molar refractivity (Wildman–Crippen MR) is 113 cm³/mol. The van der Waals surface area contributed by atoms with E-state index in [0.717, 1.165) is 54.7 Å². The van der Waals surface area contributed by atoms with Crippen LogP contribution in [0.4, 0.5) is 5.82 Å². The number of nitrogens with one attached hydrogen (secondary N) is 1. The van der Waals surface area contributed by atoms with Gasteiger partial charge >= 0.3 is 0 Å². The first-order valence-corrected chi connectivity index (χ1v) is 11.2. The maximum Gasteiger partial charge on any atom is 0.148 e. The van der Waals surface area contributed by atoms with Gasteiger partial charge in [0.2, 0.25) is 0 Å². The molecule has 7 nitrogen and oxygen atoms in total. The van der Waals surface area contributed by atoms with Crippen LogP contribution in [0.15, 0.2) is 24.4 Å². The first-order valence-electron chi connectivity index (χ1n) is 11.2. The number of fused-ring (bicyclic) bond motifs is 1. The quantitative estimate of drug-likeness (QED) is 0.810. The number of aromatic nitrogens is 4. The van der Waals surface area contributed by atoms with Crippen LogP contribution in [0.1, 0.15) is 32.6 Å². The minimum Gasteiger partial charge on any atom is -0.381 e. The van der Waals surface area contributed by atoms with Gasteiger partial charge in [0.15, 0.2) is 0 Å². The van der Waals surface area contributed by atoms with Gasteiger partial charge in [-0.05, 0) is 68.6 Å². The van der Waals surface area contributed by atoms with E-state index >= 15 is 0 Å². The minimum absolute atomic E-state index is 0.523. The molecule has 2 atom stereocenters. The SMILES string of the molecule is CCn1ccc(-c2ccc(NC3CC4CN(CC5CCOCC5)CC4C3)nn2)n1. The summed E-state index contributed by atoms with van der Waals surface area (Å²) in [5.41, 5.74) is 1.71. The zero-order chi connectivity index (χ0) is 19.6. The standard InChI is InChI=1S/C22H32N6O/c1-2-28-8-5-21(26-28)20-3-4-22(25-24-20)23-19-11-17-14-27(15-18(17)12-19)13-16-6-9-29-10-7-16/h3-5,8,16-19H,2,6-7,9-15H2,1H3,(H,23,25). The summed E-state index contributed by atoms with van der Waals surface area (Å²) in [6, 6.07) is 6.57. The lowest BCUT2D eigenvalue weighted by Gasteiger charge is -2.27. The van der Waals surface area contributed by atoms with Crippen molar-refractivity contribution >= 4 is 5.82 Å². The van der Waals surface area contributed by atoms with E-state index in [-0.39, 0.29) is 0 Å². The van der Waals surface area contributed by atoms with Crippen LogP contribution in [0.3, 0.4) is 0 Å². The van der Waals surface area contributed by atoms with Gasteiger partial charge in [-0.15, -0.1) is 10.2 Å². The molecule has 4 heterocycles. The zero-order valence-corrected chi connectivity index (χ0v) is 17.3. The third kappa shape index (κ3) is 4.31. The highest BCUT2D eigenvalue weighted by Crippen LogP contribution is 2.39. The van der Waals surface area contributed by atoms with Gasteiger partial charge in [-0.1, -0.05) is 0 Å². The Hall–Kier alpha value is -1.99. The van der Waals surface area contributed by atoms with Crippen LogP contribution < -0.4 is 5.32 Å². The molecule has 2 unspecified atom stereocenters. The first kappa shape index (κ1) is 19.0. The lowest BCUT2D eigenvalue weighted by Crippen LogP contribution is -2.32. The van der Waals surface area contributed by atoms with Crippen molar-refractivity contribution in [2.24, 2.45) is 17.8 Å². The average Bonchev–Trinajstić information content (AvgIpc) is 3.44. The molecule has 1 saturated carbocycles. The van der Waals surface area contributed by atoms with Gasteiger partial charge in [0.25, 0.3) is 0 Å². The van der Waals surface area contributed by atoms with E-state index in [1.165, 1.54) is 45.3 Å². The maximum absolute atomic E-state index is 5.51. The Kier molecular flexibility index (Phi) is 5.50. The van der Waals surface area contributed by atoms with E-state index in [9.17, 15) is 0 Å².